The molecular formula is C34H29Cl2NO6. The molecule has 0 aliphatic carbocycles. The lowest BCUT2D eigenvalue weighted by molar-refractivity contribution is 0.0696. The summed E-state index contributed by atoms with van der Waals surface area (Å²) in [6, 6.07) is 21.1. The first-order valence-electron chi connectivity index (χ1n) is 13.4. The van der Waals surface area contributed by atoms with Crippen LogP contribution in [0.5, 0.6) is 17.2 Å². The van der Waals surface area contributed by atoms with Gasteiger partial charge in [0.15, 0.2) is 6.29 Å². The maximum Gasteiger partial charge on any atom is 0.335 e. The Morgan fingerprint density at radius 2 is 1.63 bits per heavy atom. The van der Waals surface area contributed by atoms with Gasteiger partial charge in [0.05, 0.1) is 34.4 Å². The van der Waals surface area contributed by atoms with Crippen molar-refractivity contribution in [3.63, 3.8) is 0 Å². The second kappa shape index (κ2) is 14.6. The van der Waals surface area contributed by atoms with Crippen LogP contribution in [0.4, 0.5) is 0 Å². The van der Waals surface area contributed by atoms with Crippen LogP contribution in [0.25, 0.3) is 11.1 Å². The summed E-state index contributed by atoms with van der Waals surface area (Å²) in [5, 5.41) is 18.8. The van der Waals surface area contributed by atoms with Gasteiger partial charge in [-0.3, -0.25) is 4.79 Å². The molecule has 0 fully saturated rings. The fraction of sp³-hybridized carbons (Fsp3) is 0.206. The van der Waals surface area contributed by atoms with Gasteiger partial charge in [-0.05, 0) is 84.0 Å². The number of rotatable bonds is 13. The first kappa shape index (κ1) is 31.4. The Morgan fingerprint density at radius 1 is 0.907 bits per heavy atom. The summed E-state index contributed by atoms with van der Waals surface area (Å²) in [4.78, 5) is 23.2. The van der Waals surface area contributed by atoms with E-state index in [2.05, 4.69) is 12.1 Å². The highest BCUT2D eigenvalue weighted by Gasteiger charge is 2.15. The van der Waals surface area contributed by atoms with Crippen molar-refractivity contribution in [2.24, 2.45) is 0 Å². The molecule has 0 radical (unpaired) electrons. The summed E-state index contributed by atoms with van der Waals surface area (Å²) in [5.74, 6) is 0.721. The predicted octanol–water partition coefficient (Wildman–Crippen LogP) is 8.17. The fourth-order valence-electron chi connectivity index (χ4n) is 4.59. The number of halogens is 2. The maximum absolute atomic E-state index is 11.8. The van der Waals surface area contributed by atoms with Gasteiger partial charge in [-0.1, -0.05) is 41.9 Å². The average molecular weight is 619 g/mol. The molecule has 0 heterocycles. The van der Waals surface area contributed by atoms with Crippen molar-refractivity contribution in [1.29, 1.82) is 5.26 Å². The summed E-state index contributed by atoms with van der Waals surface area (Å²) in [7, 11) is 0. The van der Waals surface area contributed by atoms with E-state index in [0.717, 1.165) is 40.0 Å². The molecular weight excluding hydrogens is 589 g/mol. The van der Waals surface area contributed by atoms with Gasteiger partial charge in [-0.2, -0.15) is 5.26 Å². The Labute approximate surface area is 260 Å². The number of carboxylic acids is 1. The average Bonchev–Trinajstić information content (AvgIpc) is 3.01. The normalized spacial score (nSPS) is 10.6. The molecule has 9 heteroatoms. The first-order valence-corrected chi connectivity index (χ1v) is 14.4. The molecule has 7 nitrogen and oxygen atoms in total. The van der Waals surface area contributed by atoms with E-state index < -0.39 is 5.97 Å². The van der Waals surface area contributed by atoms with Gasteiger partial charge >= 0.3 is 5.97 Å². The Kier molecular flexibility index (Phi) is 10.7. The van der Waals surface area contributed by atoms with E-state index in [9.17, 15) is 20.0 Å². The van der Waals surface area contributed by atoms with Gasteiger partial charge in [-0.25, -0.2) is 4.79 Å². The van der Waals surface area contributed by atoms with Crippen molar-refractivity contribution < 1.29 is 28.9 Å². The molecule has 0 aromatic heterocycles. The van der Waals surface area contributed by atoms with E-state index in [1.54, 1.807) is 0 Å². The monoisotopic (exact) mass is 617 g/mol. The van der Waals surface area contributed by atoms with Gasteiger partial charge in [0, 0.05) is 11.9 Å². The topological polar surface area (TPSA) is 106 Å². The summed E-state index contributed by atoms with van der Waals surface area (Å²) >= 11 is 12.2. The molecule has 4 rings (SSSR count). The van der Waals surface area contributed by atoms with Crippen molar-refractivity contribution in [3.05, 3.63) is 111 Å². The van der Waals surface area contributed by atoms with E-state index in [1.807, 2.05) is 44.2 Å². The molecule has 1 N–H and O–H groups in total. The number of carbonyl (C=O) groups excluding carboxylic acids is 1. The molecule has 0 amide bonds. The highest BCUT2D eigenvalue weighted by Crippen LogP contribution is 2.36. The van der Waals surface area contributed by atoms with Gasteiger partial charge in [0.2, 0.25) is 0 Å². The number of aromatic carboxylic acids is 1. The zero-order valence-electron chi connectivity index (χ0n) is 23.7. The lowest BCUT2D eigenvalue weighted by atomic mass is 9.93. The second-order valence-corrected chi connectivity index (χ2v) is 10.5. The third-order valence-electron chi connectivity index (χ3n) is 6.89. The molecule has 0 saturated carbocycles. The third kappa shape index (κ3) is 7.66. The fourth-order valence-corrected chi connectivity index (χ4v) is 4.92. The number of aldehydes is 1. The molecule has 0 spiro atoms. The molecule has 4 aromatic rings. The first-order chi connectivity index (χ1) is 20.7. The van der Waals surface area contributed by atoms with E-state index in [-0.39, 0.29) is 40.7 Å². The van der Waals surface area contributed by atoms with Crippen molar-refractivity contribution in [1.82, 2.24) is 0 Å². The van der Waals surface area contributed by atoms with Gasteiger partial charge in [0.25, 0.3) is 0 Å². The number of nitriles is 1. The lowest BCUT2D eigenvalue weighted by Crippen LogP contribution is -2.04. The SMILES string of the molecule is Cc1c(COc2cc(OCc3cc(C#N)cc(C(=O)O)c3)c(C=O)cc2Cl)cccc1-c1cccc(OCCCCl)c1C. The minimum absolute atomic E-state index is 0.0354. The maximum atomic E-state index is 11.8. The van der Waals surface area contributed by atoms with E-state index in [0.29, 0.717) is 30.1 Å². The lowest BCUT2D eigenvalue weighted by Gasteiger charge is -2.17. The van der Waals surface area contributed by atoms with Gasteiger partial charge in [0.1, 0.15) is 30.5 Å². The molecule has 0 saturated heterocycles. The molecule has 0 aliphatic heterocycles. The smallest absolute Gasteiger partial charge is 0.335 e. The predicted molar refractivity (Wildman–Crippen MR) is 166 cm³/mol. The quantitative estimate of drug-likeness (QED) is 0.0915. The number of carbonyl (C=O) groups is 2. The van der Waals surface area contributed by atoms with Crippen molar-refractivity contribution >= 4 is 35.5 Å². The molecule has 0 atom stereocenters. The molecule has 0 bridgehead atoms. The standard InChI is InChI=1S/C34H29Cl2NO6/c1-21-25(6-3-7-28(21)29-8-4-9-31(22(29)2)41-11-5-10-35)20-43-33-16-32(27(18-38)15-30(33)36)42-19-24-12-23(17-37)13-26(14-24)34(39)40/h3-4,6-9,12-16,18H,5,10-11,19-20H2,1-2H3,(H,39,40). The van der Waals surface area contributed by atoms with Crippen molar-refractivity contribution in [2.45, 2.75) is 33.5 Å². The second-order valence-electron chi connectivity index (χ2n) is 9.76. The highest BCUT2D eigenvalue weighted by molar-refractivity contribution is 6.32. The Bertz CT molecular complexity index is 1700. The summed E-state index contributed by atoms with van der Waals surface area (Å²) in [6.45, 7) is 4.73. The zero-order chi connectivity index (χ0) is 30.9. The van der Waals surface area contributed by atoms with Crippen molar-refractivity contribution in [3.8, 4) is 34.4 Å². The van der Waals surface area contributed by atoms with Gasteiger partial charge in [-0.15, -0.1) is 11.6 Å². The summed E-state index contributed by atoms with van der Waals surface area (Å²) in [6.07, 6.45) is 1.38. The van der Waals surface area contributed by atoms with Crippen LogP contribution in [0.3, 0.4) is 0 Å². The van der Waals surface area contributed by atoms with Crippen LogP contribution in [0.1, 0.15) is 55.0 Å². The van der Waals surface area contributed by atoms with Crippen LogP contribution in [-0.4, -0.2) is 29.8 Å². The summed E-state index contributed by atoms with van der Waals surface area (Å²) in [5.41, 5.74) is 5.93. The zero-order valence-corrected chi connectivity index (χ0v) is 25.2. The van der Waals surface area contributed by atoms with Crippen LogP contribution in [-0.2, 0) is 13.2 Å². The molecule has 0 aliphatic rings. The van der Waals surface area contributed by atoms with Crippen LogP contribution in [0.15, 0.2) is 66.7 Å². The Balaban J connectivity index is 1.55. The number of benzene rings is 4. The number of hydrogen-bond donors (Lipinski definition) is 1. The van der Waals surface area contributed by atoms with Gasteiger partial charge < -0.3 is 19.3 Å². The van der Waals surface area contributed by atoms with E-state index in [1.165, 1.54) is 30.3 Å². The van der Waals surface area contributed by atoms with Crippen LogP contribution in [0, 0.1) is 25.2 Å². The number of hydrogen-bond acceptors (Lipinski definition) is 6. The number of carboxylic acid groups (broad SMARTS) is 1. The Morgan fingerprint density at radius 3 is 2.33 bits per heavy atom. The van der Waals surface area contributed by atoms with Crippen LogP contribution in [0.2, 0.25) is 5.02 Å². The van der Waals surface area contributed by atoms with E-state index in [4.69, 9.17) is 37.4 Å². The van der Waals surface area contributed by atoms with Crippen LogP contribution >= 0.6 is 23.2 Å². The number of alkyl halides is 1. The minimum Gasteiger partial charge on any atom is -0.493 e. The van der Waals surface area contributed by atoms with Crippen LogP contribution < -0.4 is 14.2 Å². The molecule has 220 valence electrons. The minimum atomic E-state index is -1.16. The number of ether oxygens (including phenoxy) is 3. The van der Waals surface area contributed by atoms with Crippen molar-refractivity contribution in [2.75, 3.05) is 12.5 Å². The third-order valence-corrected chi connectivity index (χ3v) is 7.46. The Hall–Kier alpha value is -4.51. The summed E-state index contributed by atoms with van der Waals surface area (Å²) < 4.78 is 17.9. The largest absolute Gasteiger partial charge is 0.493 e. The molecule has 0 unspecified atom stereocenters. The number of nitrogens with zero attached hydrogens (tertiary/aromatic N) is 1. The highest BCUT2D eigenvalue weighted by atomic mass is 35.5. The molecule has 4 aromatic carbocycles. The van der Waals surface area contributed by atoms with E-state index >= 15 is 0 Å². The molecule has 43 heavy (non-hydrogen) atoms.